The number of hydrogen-bond donors (Lipinski definition) is 7. The van der Waals surface area contributed by atoms with Crippen molar-refractivity contribution in [2.24, 2.45) is 27.9 Å². The normalized spacial score (nSPS) is 20.5. The van der Waals surface area contributed by atoms with Crippen LogP contribution in [0.1, 0.15) is 122 Å². The zero-order valence-corrected chi connectivity index (χ0v) is 61.7. The molecule has 4 saturated carbocycles. The quantitative estimate of drug-likeness (QED) is 0.0144. The van der Waals surface area contributed by atoms with E-state index in [2.05, 4.69) is 50.1 Å². The number of ether oxygens (including phenoxy) is 6. The van der Waals surface area contributed by atoms with E-state index in [-0.39, 0.29) is 99.0 Å². The third-order valence-corrected chi connectivity index (χ3v) is 21.2. The Hall–Kier alpha value is -9.72. The summed E-state index contributed by atoms with van der Waals surface area (Å²) in [5.74, 6) is -3.87. The summed E-state index contributed by atoms with van der Waals surface area (Å²) < 4.78 is 38.2. The Morgan fingerprint density at radius 3 is 2.18 bits per heavy atom. The number of rotatable bonds is 37. The van der Waals surface area contributed by atoms with E-state index in [1.54, 1.807) is 51.4 Å². The van der Waals surface area contributed by atoms with E-state index in [9.17, 15) is 48.3 Å². The van der Waals surface area contributed by atoms with E-state index in [0.29, 0.717) is 91.4 Å². The van der Waals surface area contributed by atoms with Crippen LogP contribution in [0.2, 0.25) is 0 Å². The molecule has 3 aromatic carbocycles. The second-order valence-corrected chi connectivity index (χ2v) is 30.5. The Labute approximate surface area is 618 Å². The number of hydrogen-bond acceptors (Lipinski definition) is 20. The number of thiazole rings is 1. The number of pyridine rings is 1. The lowest BCUT2D eigenvalue weighted by atomic mass is 9.39. The second kappa shape index (κ2) is 34.2. The van der Waals surface area contributed by atoms with Crippen molar-refractivity contribution in [1.82, 2.24) is 45.5 Å². The zero-order chi connectivity index (χ0) is 75.3. The van der Waals surface area contributed by atoms with Crippen molar-refractivity contribution >= 4 is 91.7 Å². The molecule has 30 heteroatoms. The molecule has 2 unspecified atom stereocenters. The lowest BCUT2D eigenvalue weighted by Gasteiger charge is -2.69. The first-order chi connectivity index (χ1) is 50.8. The van der Waals surface area contributed by atoms with Gasteiger partial charge in [0.05, 0.1) is 81.4 Å². The van der Waals surface area contributed by atoms with Gasteiger partial charge in [0.1, 0.15) is 31.1 Å². The lowest BCUT2D eigenvalue weighted by molar-refractivity contribution is -0.250. The van der Waals surface area contributed by atoms with Crippen molar-refractivity contribution in [1.29, 1.82) is 0 Å². The number of likely N-dealkylation sites (N-methyl/N-ethyl adjacent to an activating group) is 1. The fraction of sp³-hybridized carbons (Fsp3) is 0.500. The monoisotopic (exact) mass is 1480 g/mol. The van der Waals surface area contributed by atoms with E-state index in [1.165, 1.54) is 28.4 Å². The van der Waals surface area contributed by atoms with E-state index >= 15 is 0 Å². The second-order valence-electron chi connectivity index (χ2n) is 29.4. The molecule has 4 atom stereocenters. The van der Waals surface area contributed by atoms with Crippen LogP contribution in [0.25, 0.3) is 21.3 Å². The van der Waals surface area contributed by atoms with Gasteiger partial charge in [0, 0.05) is 80.0 Å². The largest absolute Gasteiger partial charge is 0.476 e. The maximum absolute atomic E-state index is 13.8. The van der Waals surface area contributed by atoms with Gasteiger partial charge in [-0.25, -0.2) is 24.4 Å². The van der Waals surface area contributed by atoms with Crippen molar-refractivity contribution in [3.63, 3.8) is 0 Å². The van der Waals surface area contributed by atoms with Crippen LogP contribution >= 0.6 is 11.3 Å². The van der Waals surface area contributed by atoms with Gasteiger partial charge in [0.25, 0.3) is 17.7 Å². The van der Waals surface area contributed by atoms with Crippen molar-refractivity contribution in [2.75, 3.05) is 108 Å². The SMILES string of the molecule is Cc1c(-c2ccc(N3CCc4cccc(C(=O)Nc5nc6ccccc6s5)c4C3)nc2C(=O)O)cnn1CC12CC3(C)CC(C)(C1)CC(OCCOCCOCCN(C)C(=O)OCc1ccc(NC(=O)[C@H](CCCNC(N)=O)NC(=O)[C@@H](NC(=O)COCCOCCN4C(=O)C=CC4=O)C(C)C)cc1)(C3)C2. The van der Waals surface area contributed by atoms with Gasteiger partial charge in [-0.1, -0.05) is 75.4 Å². The molecular weight excluding hydrogens is 1380 g/mol. The number of nitrogens with two attached hydrogens (primary N) is 1. The molecule has 8 N–H and O–H groups in total. The average molecular weight is 1480 g/mol. The summed E-state index contributed by atoms with van der Waals surface area (Å²) in [6.45, 7) is 13.8. The smallest absolute Gasteiger partial charge is 0.409 e. The molecule has 4 aliphatic carbocycles. The molecular formula is C76H95N13O16S. The molecule has 6 aromatic rings. The van der Waals surface area contributed by atoms with Crippen molar-refractivity contribution in [3.05, 3.63) is 131 Å². The number of anilines is 3. The van der Waals surface area contributed by atoms with Crippen LogP contribution in [0, 0.1) is 29.1 Å². The minimum atomic E-state index is -1.14. The van der Waals surface area contributed by atoms with Gasteiger partial charge >= 0.3 is 18.1 Å². The molecule has 9 amide bonds. The van der Waals surface area contributed by atoms with Gasteiger partial charge in [0.15, 0.2) is 10.8 Å². The number of benzene rings is 3. The molecule has 12 rings (SSSR count). The van der Waals surface area contributed by atoms with Crippen molar-refractivity contribution in [3.8, 4) is 11.1 Å². The van der Waals surface area contributed by atoms with Crippen LogP contribution in [0.5, 0.6) is 0 Å². The first kappa shape index (κ1) is 77.4. The number of urea groups is 1. The first-order valence-corrected chi connectivity index (χ1v) is 36.8. The van der Waals surface area contributed by atoms with E-state index in [1.807, 2.05) is 66.4 Å². The number of carboxylic acid groups (broad SMARTS) is 1. The van der Waals surface area contributed by atoms with Gasteiger partial charge in [-0.05, 0) is 146 Å². The number of nitrogens with one attached hydrogen (secondary N) is 5. The molecule has 566 valence electrons. The third-order valence-electron chi connectivity index (χ3n) is 20.3. The number of imide groups is 1. The van der Waals surface area contributed by atoms with Crippen LogP contribution in [-0.4, -0.2) is 199 Å². The van der Waals surface area contributed by atoms with Crippen molar-refractivity contribution in [2.45, 2.75) is 130 Å². The molecule has 6 aliphatic rings. The van der Waals surface area contributed by atoms with Gasteiger partial charge in [-0.2, -0.15) is 5.10 Å². The van der Waals surface area contributed by atoms with Gasteiger partial charge < -0.3 is 70.3 Å². The number of carbonyl (C=O) groups excluding carboxylic acids is 8. The molecule has 5 heterocycles. The molecule has 4 bridgehead atoms. The number of aromatic carboxylic acids is 1. The number of carbonyl (C=O) groups is 9. The van der Waals surface area contributed by atoms with Crippen LogP contribution in [0.3, 0.4) is 0 Å². The van der Waals surface area contributed by atoms with Gasteiger partial charge in [0.2, 0.25) is 17.7 Å². The zero-order valence-electron chi connectivity index (χ0n) is 60.8. The number of fused-ring (bicyclic) bond motifs is 2. The fourth-order valence-electron chi connectivity index (χ4n) is 16.5. The average Bonchev–Trinajstić information content (AvgIpc) is 0.986. The maximum Gasteiger partial charge on any atom is 0.409 e. The number of para-hydroxylation sites is 1. The summed E-state index contributed by atoms with van der Waals surface area (Å²) in [4.78, 5) is 129. The first-order valence-electron chi connectivity index (χ1n) is 36.0. The van der Waals surface area contributed by atoms with E-state index in [4.69, 9.17) is 44.2 Å². The minimum Gasteiger partial charge on any atom is -0.476 e. The minimum absolute atomic E-state index is 0.0248. The number of aromatic nitrogens is 4. The molecule has 0 spiro atoms. The number of primary amides is 1. The van der Waals surface area contributed by atoms with E-state index in [0.717, 1.165) is 70.5 Å². The lowest BCUT2D eigenvalue weighted by Crippen LogP contribution is -2.64. The number of carboxylic acids is 1. The highest BCUT2D eigenvalue weighted by Crippen LogP contribution is 2.72. The highest BCUT2D eigenvalue weighted by atomic mass is 32.1. The van der Waals surface area contributed by atoms with Crippen molar-refractivity contribution < 1.29 is 76.7 Å². The molecule has 0 saturated heterocycles. The predicted molar refractivity (Wildman–Crippen MR) is 393 cm³/mol. The standard InChI is InChI=1S/C76H95N13O16S/c1-48(2)64(84-61(90)40-103-34-33-101-30-28-88-62(91)22-23-63(88)92)68(95)81-58(14-10-25-78-70(77)98)67(94)80-52-18-16-50(17-19-52)39-104-72(99)86(6)27-29-100-31-32-102-35-36-105-76-44-73(4)41-74(5,45-76)43-75(42-73,46-76)47-89-49(3)55(37-79-89)53-20-21-60(83-65(53)69(96)97)87-26-24-51-11-9-12-54(56(51)38-87)66(93)85-71-82-57-13-7-8-15-59(57)106-71/h7-9,11-13,15-23,37,48,58,64H,10,14,24-36,38-47H2,1-6H3,(H,80,94)(H,81,95)(H,84,90)(H,96,97)(H3,77,78,98)(H,82,85,93)/t58-,64-,73?,74?,75?,76?/m0/s1. The summed E-state index contributed by atoms with van der Waals surface area (Å²) in [5, 5.41) is 29.9. The Morgan fingerprint density at radius 1 is 0.755 bits per heavy atom. The van der Waals surface area contributed by atoms with E-state index < -0.39 is 72.2 Å². The Bertz CT molecular complexity index is 4190. The number of nitrogens with zero attached hydrogens (tertiary/aromatic N) is 7. The van der Waals surface area contributed by atoms with Gasteiger partial charge in [-0.3, -0.25) is 43.7 Å². The highest BCUT2D eigenvalue weighted by Gasteiger charge is 2.66. The van der Waals surface area contributed by atoms with Gasteiger partial charge in [-0.15, -0.1) is 0 Å². The molecule has 3 aromatic heterocycles. The summed E-state index contributed by atoms with van der Waals surface area (Å²) in [7, 11) is 1.61. The summed E-state index contributed by atoms with van der Waals surface area (Å²) in [6, 6.07) is 20.9. The van der Waals surface area contributed by atoms with Crippen LogP contribution in [-0.2, 0) is 78.5 Å². The summed E-state index contributed by atoms with van der Waals surface area (Å²) in [6.07, 6.45) is 10.6. The van der Waals surface area contributed by atoms with Crippen LogP contribution < -0.4 is 37.2 Å². The molecule has 29 nitrogen and oxygen atoms in total. The summed E-state index contributed by atoms with van der Waals surface area (Å²) in [5.41, 5.74) is 11.3. The highest BCUT2D eigenvalue weighted by molar-refractivity contribution is 7.22. The fourth-order valence-corrected chi connectivity index (χ4v) is 17.4. The molecule has 4 fully saturated rings. The van der Waals surface area contributed by atoms with Crippen LogP contribution in [0.4, 0.5) is 26.2 Å². The maximum atomic E-state index is 13.8. The topological polar surface area (TPSA) is 369 Å². The molecule has 0 radical (unpaired) electrons. The van der Waals surface area contributed by atoms with Crippen LogP contribution in [0.15, 0.2) is 97.2 Å². The summed E-state index contributed by atoms with van der Waals surface area (Å²) >= 11 is 1.42. The molecule has 2 aliphatic heterocycles. The Balaban J connectivity index is 0.590. The molecule has 106 heavy (non-hydrogen) atoms. The Kier molecular flexibility index (Phi) is 25.0. The third kappa shape index (κ3) is 19.5. The number of amides is 9. The Morgan fingerprint density at radius 2 is 1.46 bits per heavy atom. The predicted octanol–water partition coefficient (Wildman–Crippen LogP) is 7.78.